The molecule has 0 aliphatic rings. The topological polar surface area (TPSA) is 32.3 Å². The number of hydrogen-bond acceptors (Lipinski definition) is 4. The first kappa shape index (κ1) is 17.3. The molecular weight excluding hydrogens is 268 g/mol. The van der Waals surface area contributed by atoms with Crippen LogP contribution in [-0.4, -0.2) is 31.1 Å². The zero-order valence-electron chi connectivity index (χ0n) is 13.5. The van der Waals surface area contributed by atoms with Gasteiger partial charge in [-0.2, -0.15) is 0 Å². The summed E-state index contributed by atoms with van der Waals surface area (Å²) in [7, 11) is 0. The molecule has 0 radical (unpaired) electrons. The van der Waals surface area contributed by atoms with Crippen LogP contribution in [-0.2, 0) is 5.41 Å². The Morgan fingerprint density at radius 3 is 2.25 bits per heavy atom. The zero-order valence-corrected chi connectivity index (χ0v) is 14.3. The zero-order chi connectivity index (χ0) is 15.3. The monoisotopic (exact) mass is 296 g/mol. The maximum absolute atomic E-state index is 11.8. The van der Waals surface area contributed by atoms with Gasteiger partial charge in [0, 0.05) is 12.1 Å². The highest BCUT2D eigenvalue weighted by Gasteiger charge is 2.27. The van der Waals surface area contributed by atoms with Crippen LogP contribution in [0.2, 0.25) is 0 Å². The first-order valence-corrected chi connectivity index (χ1v) is 8.03. The second-order valence-corrected chi connectivity index (χ2v) is 6.73. The Balaban J connectivity index is 2.43. The van der Waals surface area contributed by atoms with E-state index >= 15 is 0 Å². The molecule has 1 rings (SSSR count). The van der Waals surface area contributed by atoms with E-state index in [0.29, 0.717) is 4.51 Å². The highest BCUT2D eigenvalue weighted by molar-refractivity contribution is 7.71. The van der Waals surface area contributed by atoms with Gasteiger partial charge >= 0.3 is 0 Å². The lowest BCUT2D eigenvalue weighted by Gasteiger charge is -2.25. The van der Waals surface area contributed by atoms with Crippen LogP contribution in [0.3, 0.4) is 0 Å². The minimum atomic E-state index is -0.0471. The lowest BCUT2D eigenvalue weighted by Crippen LogP contribution is -2.29. The van der Waals surface area contributed by atoms with E-state index in [1.165, 1.54) is 0 Å². The number of hydrogen-bond donors (Lipinski definition) is 1. The molecule has 0 fully saturated rings. The highest BCUT2D eigenvalue weighted by atomic mass is 32.1. The largest absolute Gasteiger partial charge is 0.382 e. The van der Waals surface area contributed by atoms with Gasteiger partial charge in [-0.3, -0.25) is 4.79 Å². The van der Waals surface area contributed by atoms with E-state index in [4.69, 9.17) is 12.2 Å². The van der Waals surface area contributed by atoms with Gasteiger partial charge < -0.3 is 10.2 Å². The standard InChI is InChI=1S/C16H28N2OS/c1-6-18(7-2)11-9-8-10-17-13-12(16(3,4)5)15(20)14(13)19/h17H,6-11H2,1-5H3. The molecule has 0 aromatic heterocycles. The van der Waals surface area contributed by atoms with Crippen LogP contribution in [0.1, 0.15) is 53.0 Å². The molecule has 4 heteroatoms. The van der Waals surface area contributed by atoms with Gasteiger partial charge in [-0.05, 0) is 37.9 Å². The molecule has 0 heterocycles. The van der Waals surface area contributed by atoms with Gasteiger partial charge in [0.2, 0.25) is 5.43 Å². The van der Waals surface area contributed by atoms with Gasteiger partial charge in [-0.25, -0.2) is 0 Å². The fourth-order valence-electron chi connectivity index (χ4n) is 2.49. The third kappa shape index (κ3) is 4.13. The molecule has 0 aliphatic heterocycles. The molecule has 0 amide bonds. The number of anilines is 1. The third-order valence-electron chi connectivity index (χ3n) is 3.76. The Labute approximate surface area is 128 Å². The predicted molar refractivity (Wildman–Crippen MR) is 90.1 cm³/mol. The first-order valence-electron chi connectivity index (χ1n) is 7.62. The molecule has 1 aromatic rings. The summed E-state index contributed by atoms with van der Waals surface area (Å²) in [4.78, 5) is 14.2. The molecule has 1 N–H and O–H groups in total. The average Bonchev–Trinajstić information content (AvgIpc) is 2.39. The maximum atomic E-state index is 11.8. The summed E-state index contributed by atoms with van der Waals surface area (Å²) >= 11 is 5.17. The average molecular weight is 296 g/mol. The van der Waals surface area contributed by atoms with Crippen molar-refractivity contribution in [2.75, 3.05) is 31.5 Å². The predicted octanol–water partition coefficient (Wildman–Crippen LogP) is 3.48. The van der Waals surface area contributed by atoms with Crippen molar-refractivity contribution in [3.8, 4) is 0 Å². The second kappa shape index (κ2) is 7.32. The van der Waals surface area contributed by atoms with Crippen LogP contribution in [0.5, 0.6) is 0 Å². The molecule has 114 valence electrons. The van der Waals surface area contributed by atoms with E-state index in [1.807, 2.05) is 0 Å². The Kier molecular flexibility index (Phi) is 6.34. The van der Waals surface area contributed by atoms with Gasteiger partial charge in [0.25, 0.3) is 0 Å². The smallest absolute Gasteiger partial charge is 0.220 e. The van der Waals surface area contributed by atoms with Crippen molar-refractivity contribution >= 4 is 17.9 Å². The van der Waals surface area contributed by atoms with E-state index in [-0.39, 0.29) is 10.8 Å². The van der Waals surface area contributed by atoms with Crippen LogP contribution < -0.4 is 10.7 Å². The van der Waals surface area contributed by atoms with Gasteiger partial charge in [-0.15, -0.1) is 0 Å². The molecule has 0 unspecified atom stereocenters. The molecule has 1 aromatic carbocycles. The van der Waals surface area contributed by atoms with Crippen LogP contribution in [0, 0.1) is 4.51 Å². The molecule has 20 heavy (non-hydrogen) atoms. The van der Waals surface area contributed by atoms with Crippen molar-refractivity contribution < 1.29 is 0 Å². The summed E-state index contributed by atoms with van der Waals surface area (Å²) in [6.07, 6.45) is 2.24. The number of rotatable bonds is 8. The van der Waals surface area contributed by atoms with Gasteiger partial charge in [0.05, 0.1) is 10.2 Å². The van der Waals surface area contributed by atoms with Crippen molar-refractivity contribution in [1.29, 1.82) is 0 Å². The normalized spacial score (nSPS) is 12.3. The van der Waals surface area contributed by atoms with E-state index in [0.717, 1.165) is 50.3 Å². The number of unbranched alkanes of at least 4 members (excludes halogenated alkanes) is 1. The molecule has 0 spiro atoms. The Hall–Kier alpha value is -0.740. The van der Waals surface area contributed by atoms with E-state index < -0.39 is 0 Å². The van der Waals surface area contributed by atoms with Crippen molar-refractivity contribution in [2.24, 2.45) is 0 Å². The molecular formula is C16H28N2OS. The lowest BCUT2D eigenvalue weighted by atomic mass is 9.83. The quantitative estimate of drug-likeness (QED) is 0.588. The van der Waals surface area contributed by atoms with Crippen molar-refractivity contribution in [1.82, 2.24) is 4.90 Å². The summed E-state index contributed by atoms with van der Waals surface area (Å²) < 4.78 is 0.517. The Morgan fingerprint density at radius 2 is 1.75 bits per heavy atom. The minimum absolute atomic E-state index is 0.0219. The van der Waals surface area contributed by atoms with Crippen LogP contribution in [0.15, 0.2) is 4.79 Å². The first-order chi connectivity index (χ1) is 9.32. The molecule has 3 nitrogen and oxygen atoms in total. The summed E-state index contributed by atoms with van der Waals surface area (Å²) in [5.41, 5.74) is 1.76. The second-order valence-electron chi connectivity index (χ2n) is 6.32. The van der Waals surface area contributed by atoms with Crippen molar-refractivity contribution in [3.05, 3.63) is 20.3 Å². The van der Waals surface area contributed by atoms with E-state index in [2.05, 4.69) is 44.8 Å². The summed E-state index contributed by atoms with van der Waals surface area (Å²) in [6.45, 7) is 14.9. The van der Waals surface area contributed by atoms with E-state index in [9.17, 15) is 4.79 Å². The summed E-state index contributed by atoms with van der Waals surface area (Å²) in [5.74, 6) is 0. The van der Waals surface area contributed by atoms with Crippen LogP contribution in [0.25, 0.3) is 0 Å². The fourth-order valence-corrected chi connectivity index (χ4v) is 3.00. The number of nitrogens with one attached hydrogen (secondary N) is 1. The van der Waals surface area contributed by atoms with Crippen molar-refractivity contribution in [2.45, 2.75) is 52.9 Å². The van der Waals surface area contributed by atoms with Gasteiger partial charge in [0.15, 0.2) is 0 Å². The summed E-state index contributed by atoms with van der Waals surface area (Å²) in [5, 5.41) is 3.29. The van der Waals surface area contributed by atoms with Crippen LogP contribution >= 0.6 is 12.2 Å². The Bertz CT molecular complexity index is 491. The molecule has 0 atom stereocenters. The van der Waals surface area contributed by atoms with E-state index in [1.54, 1.807) is 0 Å². The van der Waals surface area contributed by atoms with Crippen LogP contribution in [0.4, 0.5) is 5.69 Å². The molecule has 0 saturated heterocycles. The minimum Gasteiger partial charge on any atom is -0.382 e. The maximum Gasteiger partial charge on any atom is 0.220 e. The Morgan fingerprint density at radius 1 is 1.15 bits per heavy atom. The third-order valence-corrected chi connectivity index (χ3v) is 4.15. The lowest BCUT2D eigenvalue weighted by molar-refractivity contribution is 0.298. The summed E-state index contributed by atoms with van der Waals surface area (Å²) in [6, 6.07) is 0. The van der Waals surface area contributed by atoms with Gasteiger partial charge in [0.1, 0.15) is 0 Å². The number of nitrogens with zero attached hydrogens (tertiary/aromatic N) is 1. The highest BCUT2D eigenvalue weighted by Crippen LogP contribution is 2.30. The molecule has 0 saturated carbocycles. The molecule has 0 bridgehead atoms. The van der Waals surface area contributed by atoms with Gasteiger partial charge in [-0.1, -0.05) is 46.8 Å². The molecule has 0 aliphatic carbocycles. The fraction of sp³-hybridized carbons (Fsp3) is 0.750. The van der Waals surface area contributed by atoms with Crippen molar-refractivity contribution in [3.63, 3.8) is 0 Å². The SMILES string of the molecule is CCN(CC)CCCCNc1c(C(C)(C)C)c(=S)c1=O.